The summed E-state index contributed by atoms with van der Waals surface area (Å²) in [5, 5.41) is 3.40. The number of carbonyl (C=O) groups is 1. The van der Waals surface area contributed by atoms with Crippen molar-refractivity contribution in [2.75, 3.05) is 11.9 Å². The molecule has 0 amide bonds. The SMILES string of the molecule is CCCC(=O)c1cccc(NCCCc2ccccc2)c1. The van der Waals surface area contributed by atoms with Crippen molar-refractivity contribution in [1.82, 2.24) is 0 Å². The molecule has 0 atom stereocenters. The highest BCUT2D eigenvalue weighted by molar-refractivity contribution is 5.96. The highest BCUT2D eigenvalue weighted by Gasteiger charge is 2.04. The van der Waals surface area contributed by atoms with Gasteiger partial charge >= 0.3 is 0 Å². The molecule has 0 heterocycles. The second kappa shape index (κ2) is 8.25. The molecule has 0 saturated carbocycles. The van der Waals surface area contributed by atoms with Crippen molar-refractivity contribution in [2.45, 2.75) is 32.6 Å². The van der Waals surface area contributed by atoms with Gasteiger partial charge in [-0.25, -0.2) is 0 Å². The number of carbonyl (C=O) groups excluding carboxylic acids is 1. The maximum Gasteiger partial charge on any atom is 0.162 e. The largest absolute Gasteiger partial charge is 0.385 e. The third kappa shape index (κ3) is 5.07. The Balaban J connectivity index is 1.80. The van der Waals surface area contributed by atoms with Crippen LogP contribution in [0, 0.1) is 0 Å². The van der Waals surface area contributed by atoms with E-state index in [1.807, 2.05) is 37.3 Å². The molecule has 2 nitrogen and oxygen atoms in total. The van der Waals surface area contributed by atoms with Gasteiger partial charge in [-0.3, -0.25) is 4.79 Å². The lowest BCUT2D eigenvalue weighted by molar-refractivity contribution is 0.0982. The van der Waals surface area contributed by atoms with Crippen LogP contribution in [-0.2, 0) is 6.42 Å². The van der Waals surface area contributed by atoms with E-state index in [0.717, 1.165) is 37.1 Å². The number of anilines is 1. The summed E-state index contributed by atoms with van der Waals surface area (Å²) in [6, 6.07) is 18.3. The minimum absolute atomic E-state index is 0.227. The van der Waals surface area contributed by atoms with Gasteiger partial charge in [0.25, 0.3) is 0 Å². The first-order valence-corrected chi connectivity index (χ1v) is 7.70. The highest BCUT2D eigenvalue weighted by atomic mass is 16.1. The van der Waals surface area contributed by atoms with Crippen molar-refractivity contribution in [2.24, 2.45) is 0 Å². The van der Waals surface area contributed by atoms with Crippen LogP contribution in [0.2, 0.25) is 0 Å². The molecule has 2 aromatic rings. The molecule has 0 fully saturated rings. The first-order chi connectivity index (χ1) is 10.3. The normalized spacial score (nSPS) is 10.3. The van der Waals surface area contributed by atoms with Crippen molar-refractivity contribution in [3.05, 3.63) is 65.7 Å². The summed E-state index contributed by atoms with van der Waals surface area (Å²) in [5.74, 6) is 0.227. The molecule has 0 aliphatic heterocycles. The summed E-state index contributed by atoms with van der Waals surface area (Å²) in [5.41, 5.74) is 3.21. The second-order valence-electron chi connectivity index (χ2n) is 5.27. The summed E-state index contributed by atoms with van der Waals surface area (Å²) in [6.45, 7) is 2.95. The molecule has 110 valence electrons. The van der Waals surface area contributed by atoms with Gasteiger partial charge in [-0.05, 0) is 37.0 Å². The monoisotopic (exact) mass is 281 g/mol. The molecule has 2 heteroatoms. The summed E-state index contributed by atoms with van der Waals surface area (Å²) in [6.07, 6.45) is 3.67. The van der Waals surface area contributed by atoms with E-state index < -0.39 is 0 Å². The fourth-order valence-electron chi connectivity index (χ4n) is 2.34. The quantitative estimate of drug-likeness (QED) is 0.560. The van der Waals surface area contributed by atoms with Crippen LogP contribution in [0.25, 0.3) is 0 Å². The van der Waals surface area contributed by atoms with E-state index in [1.54, 1.807) is 0 Å². The van der Waals surface area contributed by atoms with Gasteiger partial charge in [-0.1, -0.05) is 49.4 Å². The van der Waals surface area contributed by atoms with Gasteiger partial charge in [0.2, 0.25) is 0 Å². The van der Waals surface area contributed by atoms with E-state index >= 15 is 0 Å². The van der Waals surface area contributed by atoms with Gasteiger partial charge in [-0.15, -0.1) is 0 Å². The highest BCUT2D eigenvalue weighted by Crippen LogP contribution is 2.13. The van der Waals surface area contributed by atoms with Crippen LogP contribution in [0.5, 0.6) is 0 Å². The Bertz CT molecular complexity index is 563. The zero-order valence-corrected chi connectivity index (χ0v) is 12.6. The average molecular weight is 281 g/mol. The predicted octanol–water partition coefficient (Wildman–Crippen LogP) is 4.71. The van der Waals surface area contributed by atoms with Gasteiger partial charge in [0, 0.05) is 24.2 Å². The minimum atomic E-state index is 0.227. The second-order valence-corrected chi connectivity index (χ2v) is 5.27. The van der Waals surface area contributed by atoms with Gasteiger partial charge in [0.15, 0.2) is 5.78 Å². The Morgan fingerprint density at radius 2 is 1.86 bits per heavy atom. The number of ketones is 1. The van der Waals surface area contributed by atoms with Crippen LogP contribution < -0.4 is 5.32 Å². The lowest BCUT2D eigenvalue weighted by Gasteiger charge is -2.08. The zero-order chi connectivity index (χ0) is 14.9. The predicted molar refractivity (Wildman–Crippen MR) is 88.9 cm³/mol. The van der Waals surface area contributed by atoms with Gasteiger partial charge in [0.05, 0.1) is 0 Å². The van der Waals surface area contributed by atoms with Crippen molar-refractivity contribution >= 4 is 11.5 Å². The Kier molecular flexibility index (Phi) is 6.01. The Morgan fingerprint density at radius 3 is 2.62 bits per heavy atom. The lowest BCUT2D eigenvalue weighted by atomic mass is 10.1. The number of aryl methyl sites for hydroxylation is 1. The molecule has 0 spiro atoms. The van der Waals surface area contributed by atoms with Crippen molar-refractivity contribution in [3.8, 4) is 0 Å². The van der Waals surface area contributed by atoms with E-state index in [0.29, 0.717) is 6.42 Å². The van der Waals surface area contributed by atoms with E-state index in [9.17, 15) is 4.79 Å². The molecule has 2 aromatic carbocycles. The van der Waals surface area contributed by atoms with Crippen molar-refractivity contribution in [3.63, 3.8) is 0 Å². The minimum Gasteiger partial charge on any atom is -0.385 e. The Labute approximate surface area is 127 Å². The fraction of sp³-hybridized carbons (Fsp3) is 0.316. The number of benzene rings is 2. The molecular formula is C19H23NO. The number of Topliss-reactive ketones (excluding diaryl/α,β-unsaturated/α-hetero) is 1. The fourth-order valence-corrected chi connectivity index (χ4v) is 2.34. The summed E-state index contributed by atoms with van der Waals surface area (Å²) < 4.78 is 0. The standard InChI is InChI=1S/C19H23NO/c1-2-8-19(21)17-12-6-13-18(15-17)20-14-7-11-16-9-4-3-5-10-16/h3-6,9-10,12-13,15,20H,2,7-8,11,14H2,1H3. The molecular weight excluding hydrogens is 258 g/mol. The number of hydrogen-bond acceptors (Lipinski definition) is 2. The molecule has 21 heavy (non-hydrogen) atoms. The Hall–Kier alpha value is -2.09. The molecule has 0 aliphatic carbocycles. The molecule has 2 rings (SSSR count). The number of rotatable bonds is 8. The average Bonchev–Trinajstić information content (AvgIpc) is 2.53. The first kappa shape index (κ1) is 15.3. The third-order valence-electron chi connectivity index (χ3n) is 3.48. The van der Waals surface area contributed by atoms with Gasteiger partial charge in [-0.2, -0.15) is 0 Å². The van der Waals surface area contributed by atoms with Crippen LogP contribution in [0.1, 0.15) is 42.1 Å². The first-order valence-electron chi connectivity index (χ1n) is 7.70. The van der Waals surface area contributed by atoms with Crippen LogP contribution in [0.4, 0.5) is 5.69 Å². The van der Waals surface area contributed by atoms with E-state index in [4.69, 9.17) is 0 Å². The molecule has 0 saturated heterocycles. The Morgan fingerprint density at radius 1 is 1.05 bits per heavy atom. The summed E-state index contributed by atoms with van der Waals surface area (Å²) >= 11 is 0. The van der Waals surface area contributed by atoms with Crippen molar-refractivity contribution < 1.29 is 4.79 Å². The summed E-state index contributed by atoms with van der Waals surface area (Å²) in [4.78, 5) is 11.9. The lowest BCUT2D eigenvalue weighted by Crippen LogP contribution is -2.04. The van der Waals surface area contributed by atoms with E-state index in [-0.39, 0.29) is 5.78 Å². The smallest absolute Gasteiger partial charge is 0.162 e. The third-order valence-corrected chi connectivity index (χ3v) is 3.48. The van der Waals surface area contributed by atoms with Crippen LogP contribution in [0.3, 0.4) is 0 Å². The summed E-state index contributed by atoms with van der Waals surface area (Å²) in [7, 11) is 0. The maximum atomic E-state index is 11.9. The molecule has 0 bridgehead atoms. The van der Waals surface area contributed by atoms with Crippen LogP contribution in [-0.4, -0.2) is 12.3 Å². The van der Waals surface area contributed by atoms with E-state index in [1.165, 1.54) is 5.56 Å². The maximum absolute atomic E-state index is 11.9. The molecule has 0 radical (unpaired) electrons. The van der Waals surface area contributed by atoms with E-state index in [2.05, 4.69) is 29.6 Å². The topological polar surface area (TPSA) is 29.1 Å². The van der Waals surface area contributed by atoms with Crippen LogP contribution in [0.15, 0.2) is 54.6 Å². The number of nitrogens with one attached hydrogen (secondary N) is 1. The molecule has 0 aliphatic rings. The molecule has 0 aromatic heterocycles. The molecule has 0 unspecified atom stereocenters. The van der Waals surface area contributed by atoms with Gasteiger partial charge < -0.3 is 5.32 Å². The van der Waals surface area contributed by atoms with Crippen LogP contribution >= 0.6 is 0 Å². The zero-order valence-electron chi connectivity index (χ0n) is 12.6. The van der Waals surface area contributed by atoms with Gasteiger partial charge in [0.1, 0.15) is 0 Å². The number of hydrogen-bond donors (Lipinski definition) is 1. The molecule has 1 N–H and O–H groups in total. The van der Waals surface area contributed by atoms with Crippen molar-refractivity contribution in [1.29, 1.82) is 0 Å².